The SMILES string of the molecule is CC.Cc1nc2c(n1C1CC3CCC(C1)N3CCC(NC=O)c1cccc(F)c1)CCN(C(=O)C(C)C)C2. The maximum absolute atomic E-state index is 13.8. The molecule has 8 heteroatoms. The van der Waals surface area contributed by atoms with E-state index in [9.17, 15) is 14.0 Å². The molecule has 5 rings (SSSR count). The topological polar surface area (TPSA) is 70.5 Å². The van der Waals surface area contributed by atoms with Gasteiger partial charge in [-0.3, -0.25) is 14.5 Å². The number of piperidine rings is 1. The highest BCUT2D eigenvalue weighted by Gasteiger charge is 2.42. The fraction of sp³-hybridized carbons (Fsp3) is 0.633. The van der Waals surface area contributed by atoms with E-state index in [2.05, 4.69) is 21.7 Å². The van der Waals surface area contributed by atoms with Gasteiger partial charge in [-0.05, 0) is 56.7 Å². The van der Waals surface area contributed by atoms with Crippen LogP contribution in [0.4, 0.5) is 4.39 Å². The summed E-state index contributed by atoms with van der Waals surface area (Å²) in [7, 11) is 0. The van der Waals surface area contributed by atoms with Crippen molar-refractivity contribution in [1.82, 2.24) is 24.7 Å². The van der Waals surface area contributed by atoms with E-state index in [1.54, 1.807) is 6.07 Å². The van der Waals surface area contributed by atoms with Crippen LogP contribution in [-0.4, -0.2) is 56.8 Å². The summed E-state index contributed by atoms with van der Waals surface area (Å²) in [5.41, 5.74) is 3.20. The van der Waals surface area contributed by atoms with E-state index in [1.165, 1.54) is 30.7 Å². The van der Waals surface area contributed by atoms with Crippen LogP contribution in [0.25, 0.3) is 0 Å². The molecule has 1 N–H and O–H groups in total. The number of nitrogens with one attached hydrogen (secondary N) is 1. The first kappa shape index (κ1) is 28.3. The molecule has 2 bridgehead atoms. The lowest BCUT2D eigenvalue weighted by atomic mass is 9.94. The lowest BCUT2D eigenvalue weighted by Crippen LogP contribution is -2.45. The average molecular weight is 526 g/mol. The number of hydrogen-bond donors (Lipinski definition) is 1. The standard InChI is InChI=1S/C28H38FN5O2.C2H6/c1-18(2)28(36)32-11-10-27-26(16-32)31-19(3)34(27)24-14-22-7-8-23(15-24)33(22)12-9-25(30-17-35)20-5-4-6-21(29)13-20;1-2/h4-6,13,17-18,22-25H,7-12,14-16H2,1-3H3,(H,30,35);1-2H3. The summed E-state index contributed by atoms with van der Waals surface area (Å²) < 4.78 is 16.3. The van der Waals surface area contributed by atoms with E-state index in [0.29, 0.717) is 24.7 Å². The van der Waals surface area contributed by atoms with Crippen LogP contribution in [0, 0.1) is 18.7 Å². The van der Waals surface area contributed by atoms with Crippen molar-refractivity contribution in [2.75, 3.05) is 13.1 Å². The number of carbonyl (C=O) groups is 2. The zero-order valence-corrected chi connectivity index (χ0v) is 23.6. The van der Waals surface area contributed by atoms with Crippen molar-refractivity contribution >= 4 is 12.3 Å². The number of imidazole rings is 1. The van der Waals surface area contributed by atoms with Crippen molar-refractivity contribution in [3.05, 3.63) is 52.9 Å². The third kappa shape index (κ3) is 5.80. The van der Waals surface area contributed by atoms with Crippen molar-refractivity contribution in [2.45, 2.75) is 104 Å². The lowest BCUT2D eigenvalue weighted by Gasteiger charge is -2.41. The molecule has 3 atom stereocenters. The minimum absolute atomic E-state index is 0.0110. The molecule has 1 aromatic heterocycles. The van der Waals surface area contributed by atoms with Crippen LogP contribution in [0.2, 0.25) is 0 Å². The van der Waals surface area contributed by atoms with Crippen LogP contribution in [0.3, 0.4) is 0 Å². The number of nitrogens with zero attached hydrogens (tertiary/aromatic N) is 4. The molecule has 0 saturated carbocycles. The number of benzene rings is 1. The highest BCUT2D eigenvalue weighted by atomic mass is 19.1. The fourth-order valence-electron chi connectivity index (χ4n) is 6.83. The van der Waals surface area contributed by atoms with Gasteiger partial charge in [-0.15, -0.1) is 0 Å². The van der Waals surface area contributed by atoms with Crippen molar-refractivity contribution < 1.29 is 14.0 Å². The summed E-state index contributed by atoms with van der Waals surface area (Å²) in [6.45, 7) is 12.3. The van der Waals surface area contributed by atoms with E-state index in [0.717, 1.165) is 62.3 Å². The second-order valence-corrected chi connectivity index (χ2v) is 11.0. The molecule has 38 heavy (non-hydrogen) atoms. The van der Waals surface area contributed by atoms with Crippen molar-refractivity contribution in [2.24, 2.45) is 5.92 Å². The van der Waals surface area contributed by atoms with Crippen LogP contribution in [0.1, 0.15) is 94.7 Å². The van der Waals surface area contributed by atoms with E-state index in [4.69, 9.17) is 4.98 Å². The fourth-order valence-corrected chi connectivity index (χ4v) is 6.83. The smallest absolute Gasteiger partial charge is 0.225 e. The zero-order valence-electron chi connectivity index (χ0n) is 23.6. The predicted octanol–water partition coefficient (Wildman–Crippen LogP) is 4.94. The zero-order chi connectivity index (χ0) is 27.4. The molecule has 2 saturated heterocycles. The molecule has 7 nitrogen and oxygen atoms in total. The molecular formula is C30H44FN5O2. The molecule has 4 heterocycles. The van der Waals surface area contributed by atoms with Crippen LogP contribution in [0.5, 0.6) is 0 Å². The molecular weight excluding hydrogens is 481 g/mol. The van der Waals surface area contributed by atoms with Crippen molar-refractivity contribution in [1.29, 1.82) is 0 Å². The van der Waals surface area contributed by atoms with Crippen molar-refractivity contribution in [3.8, 4) is 0 Å². The number of amides is 2. The molecule has 1 aromatic carbocycles. The van der Waals surface area contributed by atoms with E-state index in [1.807, 2.05) is 38.7 Å². The van der Waals surface area contributed by atoms with Crippen molar-refractivity contribution in [3.63, 3.8) is 0 Å². The first-order valence-corrected chi connectivity index (χ1v) is 14.4. The number of fused-ring (bicyclic) bond motifs is 3. The van der Waals surface area contributed by atoms with Crippen LogP contribution in [0.15, 0.2) is 24.3 Å². The summed E-state index contributed by atoms with van der Waals surface area (Å²) in [6.07, 6.45) is 6.94. The summed E-state index contributed by atoms with van der Waals surface area (Å²) in [5, 5.41) is 2.89. The highest BCUT2D eigenvalue weighted by molar-refractivity contribution is 5.78. The third-order valence-corrected chi connectivity index (χ3v) is 8.45. The highest BCUT2D eigenvalue weighted by Crippen LogP contribution is 2.43. The molecule has 0 spiro atoms. The minimum Gasteiger partial charge on any atom is -0.352 e. The van der Waals surface area contributed by atoms with E-state index >= 15 is 0 Å². The average Bonchev–Trinajstić information content (AvgIpc) is 3.36. The van der Waals surface area contributed by atoms with Gasteiger partial charge < -0.3 is 14.8 Å². The predicted molar refractivity (Wildman–Crippen MR) is 147 cm³/mol. The molecule has 0 aliphatic carbocycles. The van der Waals surface area contributed by atoms with E-state index in [-0.39, 0.29) is 23.7 Å². The largest absolute Gasteiger partial charge is 0.352 e. The molecule has 2 amide bonds. The molecule has 3 aliphatic heterocycles. The Balaban J connectivity index is 0.00000164. The van der Waals surface area contributed by atoms with Gasteiger partial charge in [-0.2, -0.15) is 0 Å². The van der Waals surface area contributed by atoms with Crippen LogP contribution < -0.4 is 5.32 Å². The second kappa shape index (κ2) is 12.4. The Labute approximate surface area is 226 Å². The van der Waals surface area contributed by atoms with Gasteiger partial charge in [-0.25, -0.2) is 9.37 Å². The monoisotopic (exact) mass is 525 g/mol. The molecule has 2 fully saturated rings. The molecule has 208 valence electrons. The number of aryl methyl sites for hydroxylation is 1. The number of aromatic nitrogens is 2. The van der Waals surface area contributed by atoms with Crippen LogP contribution >= 0.6 is 0 Å². The Bertz CT molecular complexity index is 1100. The summed E-state index contributed by atoms with van der Waals surface area (Å²) in [5.74, 6) is 1.01. The van der Waals surface area contributed by atoms with Gasteiger partial charge in [0.25, 0.3) is 0 Å². The molecule has 3 aliphatic rings. The lowest BCUT2D eigenvalue weighted by molar-refractivity contribution is -0.135. The van der Waals surface area contributed by atoms with Crippen LogP contribution in [-0.2, 0) is 22.6 Å². The van der Waals surface area contributed by atoms with Gasteiger partial charge in [-0.1, -0.05) is 39.8 Å². The first-order chi connectivity index (χ1) is 18.4. The molecule has 0 radical (unpaired) electrons. The molecule has 3 unspecified atom stereocenters. The maximum Gasteiger partial charge on any atom is 0.225 e. The number of halogens is 1. The number of hydrogen-bond acceptors (Lipinski definition) is 4. The van der Waals surface area contributed by atoms with E-state index < -0.39 is 0 Å². The van der Waals surface area contributed by atoms with Gasteiger partial charge in [0.15, 0.2) is 0 Å². The first-order valence-electron chi connectivity index (χ1n) is 14.4. The van der Waals surface area contributed by atoms with Gasteiger partial charge >= 0.3 is 0 Å². The Morgan fingerprint density at radius 3 is 2.53 bits per heavy atom. The third-order valence-electron chi connectivity index (χ3n) is 8.45. The number of rotatable bonds is 8. The summed E-state index contributed by atoms with van der Waals surface area (Å²) in [6, 6.07) is 7.81. The minimum atomic E-state index is -0.276. The maximum atomic E-state index is 13.8. The normalized spacial score (nSPS) is 23.4. The summed E-state index contributed by atoms with van der Waals surface area (Å²) in [4.78, 5) is 33.3. The Morgan fingerprint density at radius 2 is 1.89 bits per heavy atom. The molecule has 2 aromatic rings. The van der Waals surface area contributed by atoms with Gasteiger partial charge in [0, 0.05) is 49.2 Å². The van der Waals surface area contributed by atoms with Gasteiger partial charge in [0.1, 0.15) is 11.6 Å². The van der Waals surface area contributed by atoms with Gasteiger partial charge in [0.05, 0.1) is 18.3 Å². The Kier molecular flexibility index (Phi) is 9.23. The Hall–Kier alpha value is -2.74. The Morgan fingerprint density at radius 1 is 1.18 bits per heavy atom. The quantitative estimate of drug-likeness (QED) is 0.496. The van der Waals surface area contributed by atoms with Gasteiger partial charge in [0.2, 0.25) is 12.3 Å². The second-order valence-electron chi connectivity index (χ2n) is 11.0. The summed E-state index contributed by atoms with van der Waals surface area (Å²) >= 11 is 0. The number of carbonyl (C=O) groups excluding carboxylic acids is 2.